The third-order valence-electron chi connectivity index (χ3n) is 9.62. The van der Waals surface area contributed by atoms with E-state index >= 15 is 0 Å². The number of carbonyl (C=O) groups excluding carboxylic acids is 4. The lowest BCUT2D eigenvalue weighted by Gasteiger charge is -2.28. The van der Waals surface area contributed by atoms with Crippen molar-refractivity contribution in [1.82, 2.24) is 19.6 Å². The van der Waals surface area contributed by atoms with Crippen molar-refractivity contribution in [3.05, 3.63) is 55.6 Å². The van der Waals surface area contributed by atoms with Gasteiger partial charge in [0.25, 0.3) is 23.6 Å². The number of carbonyl (C=O) groups is 4. The van der Waals surface area contributed by atoms with Crippen molar-refractivity contribution in [1.29, 1.82) is 0 Å². The Morgan fingerprint density at radius 2 is 0.765 bits per heavy atom. The second-order valence-electron chi connectivity index (χ2n) is 13.4. The number of nitrogens with one attached hydrogen (secondary N) is 2. The number of aliphatic hydroxyl groups excluding tert-OH is 4. The fraction of sp³-hybridized carbons (Fsp3) is 0.568. The molecule has 2 aromatic carbocycles. The highest BCUT2D eigenvalue weighted by molar-refractivity contribution is 6.07. The molecule has 0 aliphatic carbocycles. The average molecular weight is 715 g/mol. The van der Waals surface area contributed by atoms with Gasteiger partial charge in [-0.05, 0) is 81.3 Å². The Labute approximate surface area is 302 Å². The van der Waals surface area contributed by atoms with Crippen molar-refractivity contribution >= 4 is 35.0 Å². The minimum absolute atomic E-state index is 0.0757. The van der Waals surface area contributed by atoms with Crippen LogP contribution in [0.1, 0.15) is 81.2 Å². The molecule has 0 heterocycles. The monoisotopic (exact) mass is 714 g/mol. The Balaban J connectivity index is 2.36. The number of rotatable bonds is 16. The molecule has 2 atom stereocenters. The molecule has 0 aromatic heterocycles. The van der Waals surface area contributed by atoms with Gasteiger partial charge in [-0.3, -0.25) is 19.2 Å². The quantitative estimate of drug-likeness (QED) is 0.150. The third-order valence-corrected chi connectivity index (χ3v) is 9.62. The Morgan fingerprint density at radius 3 is 1.00 bits per heavy atom. The molecule has 2 unspecified atom stereocenters. The van der Waals surface area contributed by atoms with E-state index in [-0.39, 0.29) is 36.7 Å². The van der Waals surface area contributed by atoms with Gasteiger partial charge in [0.1, 0.15) is 0 Å². The summed E-state index contributed by atoms with van der Waals surface area (Å²) in [5, 5.41) is 44.6. The molecule has 0 spiro atoms. The zero-order valence-electron chi connectivity index (χ0n) is 32.3. The highest BCUT2D eigenvalue weighted by atomic mass is 16.3. The van der Waals surface area contributed by atoms with E-state index in [0.29, 0.717) is 86.5 Å². The van der Waals surface area contributed by atoms with Gasteiger partial charge in [0, 0.05) is 102 Å². The molecule has 2 aromatic rings. The molecule has 0 radical (unpaired) electrons. The van der Waals surface area contributed by atoms with Crippen LogP contribution in [-0.2, 0) is 0 Å². The molecule has 4 amide bonds. The first-order valence-corrected chi connectivity index (χ1v) is 17.0. The van der Waals surface area contributed by atoms with Crippen molar-refractivity contribution in [2.75, 3.05) is 92.3 Å². The Bertz CT molecular complexity index is 1510. The maximum atomic E-state index is 13.9. The van der Waals surface area contributed by atoms with E-state index in [1.165, 1.54) is 23.9 Å². The van der Waals surface area contributed by atoms with Crippen LogP contribution in [0.5, 0.6) is 0 Å². The molecular formula is C37H58N6O8. The fourth-order valence-corrected chi connectivity index (χ4v) is 6.90. The summed E-state index contributed by atoms with van der Waals surface area (Å²) >= 11 is 0. The summed E-state index contributed by atoms with van der Waals surface area (Å²) < 4.78 is 0. The van der Waals surface area contributed by atoms with Crippen LogP contribution >= 0.6 is 0 Å². The van der Waals surface area contributed by atoms with Gasteiger partial charge in [-0.25, -0.2) is 0 Å². The van der Waals surface area contributed by atoms with E-state index in [1.807, 2.05) is 13.8 Å². The summed E-state index contributed by atoms with van der Waals surface area (Å²) in [6, 6.07) is 0. The van der Waals surface area contributed by atoms with Crippen molar-refractivity contribution in [2.24, 2.45) is 0 Å². The van der Waals surface area contributed by atoms with Crippen molar-refractivity contribution in [3.63, 3.8) is 0 Å². The number of aliphatic hydroxyl groups is 4. The Morgan fingerprint density at radius 1 is 0.510 bits per heavy atom. The highest BCUT2D eigenvalue weighted by Crippen LogP contribution is 2.34. The van der Waals surface area contributed by atoms with Crippen molar-refractivity contribution in [3.8, 4) is 0 Å². The number of anilines is 2. The van der Waals surface area contributed by atoms with Crippen LogP contribution in [0.3, 0.4) is 0 Å². The third kappa shape index (κ3) is 9.17. The summed E-state index contributed by atoms with van der Waals surface area (Å²) in [4.78, 5) is 60.7. The summed E-state index contributed by atoms with van der Waals surface area (Å²) in [6.07, 6.45) is -1.75. The zero-order chi connectivity index (χ0) is 39.1. The second kappa shape index (κ2) is 18.3. The van der Waals surface area contributed by atoms with Gasteiger partial charge in [-0.1, -0.05) is 0 Å². The van der Waals surface area contributed by atoms with E-state index in [9.17, 15) is 39.6 Å². The summed E-state index contributed by atoms with van der Waals surface area (Å²) in [6.45, 7) is 10.2. The minimum Gasteiger partial charge on any atom is -0.394 e. The molecule has 0 fully saturated rings. The van der Waals surface area contributed by atoms with Crippen LogP contribution < -0.4 is 10.6 Å². The molecule has 51 heavy (non-hydrogen) atoms. The predicted octanol–water partition coefficient (Wildman–Crippen LogP) is 1.71. The van der Waals surface area contributed by atoms with Gasteiger partial charge in [-0.2, -0.15) is 0 Å². The first-order valence-electron chi connectivity index (χ1n) is 17.0. The van der Waals surface area contributed by atoms with Gasteiger partial charge in [0.05, 0.1) is 25.4 Å². The van der Waals surface area contributed by atoms with E-state index in [2.05, 4.69) is 10.6 Å². The van der Waals surface area contributed by atoms with E-state index < -0.39 is 25.4 Å². The molecule has 284 valence electrons. The summed E-state index contributed by atoms with van der Waals surface area (Å²) in [5.74, 6) is -1.34. The SMILES string of the molecule is CNc1c(C)c(C(=O)N(C)CCCN(C)C(=O)c2c(C)c(NC)c(C)c(C(=O)N(C)CC(O)CO)c2C)c(C)c(C(=O)N(C)CC(O)CO)c1C. The normalized spacial score (nSPS) is 12.2. The molecular weight excluding hydrogens is 656 g/mol. The van der Waals surface area contributed by atoms with E-state index in [4.69, 9.17) is 0 Å². The number of benzene rings is 2. The maximum absolute atomic E-state index is 13.9. The molecule has 0 saturated heterocycles. The van der Waals surface area contributed by atoms with Crippen LogP contribution in [0.25, 0.3) is 0 Å². The Kier molecular flexibility index (Phi) is 15.4. The lowest BCUT2D eigenvalue weighted by Crippen LogP contribution is -2.38. The molecule has 6 N–H and O–H groups in total. The topological polar surface area (TPSA) is 186 Å². The van der Waals surface area contributed by atoms with E-state index in [1.54, 1.807) is 65.7 Å². The Hall–Kier alpha value is -4.24. The second-order valence-corrected chi connectivity index (χ2v) is 13.4. The smallest absolute Gasteiger partial charge is 0.254 e. The molecule has 14 nitrogen and oxygen atoms in total. The first kappa shape index (κ1) is 42.9. The van der Waals surface area contributed by atoms with Crippen molar-refractivity contribution < 1.29 is 39.6 Å². The van der Waals surface area contributed by atoms with Crippen LogP contribution in [0.15, 0.2) is 0 Å². The lowest BCUT2D eigenvalue weighted by atomic mass is 9.89. The highest BCUT2D eigenvalue weighted by Gasteiger charge is 2.30. The minimum atomic E-state index is -1.10. The van der Waals surface area contributed by atoms with Gasteiger partial charge >= 0.3 is 0 Å². The van der Waals surface area contributed by atoms with Crippen LogP contribution in [0, 0.1) is 41.5 Å². The summed E-state index contributed by atoms with van der Waals surface area (Å²) in [7, 11) is 9.85. The van der Waals surface area contributed by atoms with Crippen molar-refractivity contribution in [2.45, 2.75) is 60.2 Å². The standard InChI is InChI=1S/C37H58N6O8/c1-20-28(22(3)32(38-7)24(5)30(20)36(50)42(11)16-26(46)18-44)34(48)40(9)14-13-15-41(10)35(49)29-21(2)31(25(6)33(39-8)23(29)4)37(51)43(12)17-27(47)19-45/h26-27,38-39,44-47H,13-19H2,1-12H3. The van der Waals surface area contributed by atoms with Crippen LogP contribution in [0.4, 0.5) is 11.4 Å². The van der Waals surface area contributed by atoms with Crippen LogP contribution in [0.2, 0.25) is 0 Å². The number of likely N-dealkylation sites (N-methyl/N-ethyl adjacent to an activating group) is 2. The lowest BCUT2D eigenvalue weighted by molar-refractivity contribution is 0.0517. The van der Waals surface area contributed by atoms with E-state index in [0.717, 1.165) is 0 Å². The largest absolute Gasteiger partial charge is 0.394 e. The number of amides is 4. The van der Waals surface area contributed by atoms with Gasteiger partial charge in [0.2, 0.25) is 0 Å². The number of nitrogens with zero attached hydrogens (tertiary/aromatic N) is 4. The van der Waals surface area contributed by atoms with Crippen LogP contribution in [-0.4, -0.2) is 158 Å². The molecule has 0 aliphatic rings. The zero-order valence-corrected chi connectivity index (χ0v) is 32.3. The number of hydrogen-bond acceptors (Lipinski definition) is 10. The van der Waals surface area contributed by atoms with Gasteiger partial charge in [0.15, 0.2) is 0 Å². The summed E-state index contributed by atoms with van der Waals surface area (Å²) in [5.41, 5.74) is 6.52. The maximum Gasteiger partial charge on any atom is 0.254 e. The molecule has 14 heteroatoms. The molecule has 2 rings (SSSR count). The average Bonchev–Trinajstić information content (AvgIpc) is 3.07. The number of hydrogen-bond donors (Lipinski definition) is 6. The van der Waals surface area contributed by atoms with Gasteiger partial charge < -0.3 is 50.7 Å². The molecule has 0 bridgehead atoms. The first-order chi connectivity index (χ1) is 23.8. The molecule has 0 saturated carbocycles. The fourth-order valence-electron chi connectivity index (χ4n) is 6.90. The predicted molar refractivity (Wildman–Crippen MR) is 199 cm³/mol. The molecule has 0 aliphatic heterocycles. The van der Waals surface area contributed by atoms with Gasteiger partial charge in [-0.15, -0.1) is 0 Å².